The van der Waals surface area contributed by atoms with Crippen LogP contribution in [0.25, 0.3) is 32.7 Å². The lowest BCUT2D eigenvalue weighted by atomic mass is 10.2. The lowest BCUT2D eigenvalue weighted by Gasteiger charge is -2.17. The second kappa shape index (κ2) is 9.70. The van der Waals surface area contributed by atoms with Crippen LogP contribution >= 0.6 is 0 Å². The molecule has 0 spiro atoms. The van der Waals surface area contributed by atoms with E-state index >= 15 is 0 Å². The van der Waals surface area contributed by atoms with E-state index in [1.54, 1.807) is 0 Å². The number of hydrogen-bond acceptors (Lipinski definition) is 3. The molecule has 0 N–H and O–H groups in total. The summed E-state index contributed by atoms with van der Waals surface area (Å²) in [7, 11) is 6.05. The molecule has 180 valence electrons. The Morgan fingerprint density at radius 1 is 0.432 bits per heavy atom. The van der Waals surface area contributed by atoms with Crippen LogP contribution in [-0.4, -0.2) is 15.1 Å². The molecule has 0 bridgehead atoms. The zero-order valence-electron chi connectivity index (χ0n) is 21.0. The maximum absolute atomic E-state index is 6.65. The molecule has 6 rings (SSSR count). The fraction of sp³-hybridized carbons (Fsp3) is 0.100. The summed E-state index contributed by atoms with van der Waals surface area (Å²) in [5.74, 6) is 2.18. The number of benzene rings is 3. The van der Waals surface area contributed by atoms with Gasteiger partial charge in [-0.3, -0.25) is 0 Å². The number of hydrogen-bond donors (Lipinski definition) is 0. The van der Waals surface area contributed by atoms with Crippen molar-refractivity contribution in [2.24, 2.45) is 21.1 Å². The summed E-state index contributed by atoms with van der Waals surface area (Å²) in [5.41, 5.74) is 2.96. The lowest BCUT2D eigenvalue weighted by Crippen LogP contribution is -2.40. The highest BCUT2D eigenvalue weighted by Gasteiger charge is 2.47. The number of pyridine rings is 3. The van der Waals surface area contributed by atoms with E-state index in [-0.39, 0.29) is 0 Å². The molecule has 3 aromatic carbocycles. The summed E-state index contributed by atoms with van der Waals surface area (Å²) in [6, 6.07) is 30.5. The second-order valence-corrected chi connectivity index (χ2v) is 10.4. The van der Waals surface area contributed by atoms with Gasteiger partial charge in [-0.1, -0.05) is 18.2 Å². The third kappa shape index (κ3) is 4.44. The minimum Gasteiger partial charge on any atom is -0.573 e. The summed E-state index contributed by atoms with van der Waals surface area (Å²) in [6.07, 6.45) is 6.05. The van der Waals surface area contributed by atoms with Gasteiger partial charge in [0.2, 0.25) is 0 Å². The molecule has 3 aromatic heterocycles. The van der Waals surface area contributed by atoms with Gasteiger partial charge in [0.05, 0.1) is 16.2 Å². The molecule has 0 fully saturated rings. The summed E-state index contributed by atoms with van der Waals surface area (Å²) < 4.78 is 26.1. The van der Waals surface area contributed by atoms with E-state index < -0.39 is 15.1 Å². The molecule has 6 nitrogen and oxygen atoms in total. The van der Waals surface area contributed by atoms with Crippen molar-refractivity contribution in [1.29, 1.82) is 0 Å². The van der Waals surface area contributed by atoms with Crippen molar-refractivity contribution in [3.8, 4) is 17.2 Å². The van der Waals surface area contributed by atoms with E-state index in [2.05, 4.69) is 50.1 Å². The molecule has 37 heavy (non-hydrogen) atoms. The van der Waals surface area contributed by atoms with Crippen LogP contribution in [0.3, 0.4) is 0 Å². The predicted octanol–water partition coefficient (Wildman–Crippen LogP) is 4.14. The van der Waals surface area contributed by atoms with Gasteiger partial charge in [-0.2, -0.15) is 13.7 Å². The van der Waals surface area contributed by atoms with E-state index in [4.69, 9.17) is 11.4 Å². The number of aryl methyl sites for hydroxylation is 3. The average molecular weight is 505 g/mol. The van der Waals surface area contributed by atoms with Gasteiger partial charge in [0, 0.05) is 18.2 Å². The van der Waals surface area contributed by atoms with Crippen LogP contribution in [0.4, 0.5) is 0 Å². The molecule has 0 radical (unpaired) electrons. The fourth-order valence-electron chi connectivity index (χ4n) is 4.87. The molecule has 0 saturated heterocycles. The molecular formula is C30H27AlN3O3+3. The predicted molar refractivity (Wildman–Crippen MR) is 143 cm³/mol. The average Bonchev–Trinajstić information content (AvgIpc) is 2.89. The smallest absolute Gasteiger partial charge is 0.573 e. The molecule has 7 heteroatoms. The van der Waals surface area contributed by atoms with Gasteiger partial charge >= 0.3 is 15.1 Å². The Labute approximate surface area is 220 Å². The molecule has 0 aliphatic heterocycles. The molecule has 0 unspecified atom stereocenters. The van der Waals surface area contributed by atoms with Gasteiger partial charge in [-0.15, -0.1) is 0 Å². The summed E-state index contributed by atoms with van der Waals surface area (Å²) in [4.78, 5) is 0. The van der Waals surface area contributed by atoms with Crippen LogP contribution in [0.1, 0.15) is 0 Å². The first kappa shape index (κ1) is 23.2. The summed E-state index contributed by atoms with van der Waals surface area (Å²) >= 11 is -2.84. The van der Waals surface area contributed by atoms with Crippen molar-refractivity contribution in [3.63, 3.8) is 0 Å². The highest BCUT2D eigenvalue weighted by Crippen LogP contribution is 2.28. The first-order valence-electron chi connectivity index (χ1n) is 12.2. The topological polar surface area (TPSA) is 39.3 Å². The first-order valence-corrected chi connectivity index (χ1v) is 13.6. The molecule has 0 aliphatic carbocycles. The second-order valence-electron chi connectivity index (χ2n) is 9.08. The highest BCUT2D eigenvalue weighted by molar-refractivity contribution is 6.40. The maximum atomic E-state index is 6.65. The van der Waals surface area contributed by atoms with Gasteiger partial charge in [-0.05, 0) is 54.6 Å². The van der Waals surface area contributed by atoms with Crippen molar-refractivity contribution < 1.29 is 25.1 Å². The first-order chi connectivity index (χ1) is 18.1. The molecular weight excluding hydrogens is 477 g/mol. The van der Waals surface area contributed by atoms with Gasteiger partial charge in [0.1, 0.15) is 21.1 Å². The van der Waals surface area contributed by atoms with E-state index in [0.29, 0.717) is 0 Å². The van der Waals surface area contributed by atoms with Crippen LogP contribution < -0.4 is 25.1 Å². The van der Waals surface area contributed by atoms with Crippen LogP contribution in [0.2, 0.25) is 0 Å². The highest BCUT2D eigenvalue weighted by atomic mass is 27.3. The minimum absolute atomic E-state index is 0.728. The zero-order valence-corrected chi connectivity index (χ0v) is 22.2. The number of aromatic nitrogens is 3. The monoisotopic (exact) mass is 504 g/mol. The molecule has 0 saturated carbocycles. The van der Waals surface area contributed by atoms with Crippen LogP contribution in [0.5, 0.6) is 17.2 Å². The van der Waals surface area contributed by atoms with E-state index in [1.807, 2.05) is 94.3 Å². The van der Waals surface area contributed by atoms with Crippen molar-refractivity contribution in [2.75, 3.05) is 0 Å². The van der Waals surface area contributed by atoms with Crippen molar-refractivity contribution in [2.45, 2.75) is 0 Å². The minimum atomic E-state index is -2.84. The van der Waals surface area contributed by atoms with E-state index in [1.165, 1.54) is 0 Å². The SMILES string of the molecule is C[n+]1cccc2cccc([O][Al]([O]c3cccc4ccc[n+](C)c34)[O]c3cccc4ccc[n+](C)c34)c21. The van der Waals surface area contributed by atoms with Crippen LogP contribution in [0.15, 0.2) is 110 Å². The van der Waals surface area contributed by atoms with Crippen molar-refractivity contribution >= 4 is 47.9 Å². The normalized spacial score (nSPS) is 11.1. The fourth-order valence-corrected chi connectivity index (χ4v) is 6.21. The third-order valence-electron chi connectivity index (χ3n) is 6.57. The van der Waals surface area contributed by atoms with Gasteiger partial charge in [-0.25, -0.2) is 0 Å². The molecule has 0 aliphatic rings. The van der Waals surface area contributed by atoms with Crippen molar-refractivity contribution in [1.82, 2.24) is 0 Å². The van der Waals surface area contributed by atoms with E-state index in [9.17, 15) is 0 Å². The van der Waals surface area contributed by atoms with Gasteiger partial charge in [0.25, 0.3) is 16.6 Å². The Bertz CT molecular complexity index is 1550. The molecule has 0 amide bonds. The van der Waals surface area contributed by atoms with Gasteiger partial charge in [0.15, 0.2) is 35.8 Å². The summed E-state index contributed by atoms with van der Waals surface area (Å²) in [5, 5.41) is 3.26. The summed E-state index contributed by atoms with van der Waals surface area (Å²) in [6.45, 7) is 0. The Morgan fingerprint density at radius 2 is 0.730 bits per heavy atom. The molecule has 6 aromatic rings. The largest absolute Gasteiger partial charge is 1.20 e. The maximum Gasteiger partial charge on any atom is 1.20 e. The van der Waals surface area contributed by atoms with Crippen LogP contribution in [-0.2, 0) is 21.1 Å². The Morgan fingerprint density at radius 3 is 1.05 bits per heavy atom. The standard InChI is InChI=1S/3C10H9NO.Al/c3*1-11-7-3-5-8-4-2-6-9(12)10(8)11;/h3*2-7H,1H3;/q;;;+3. The quantitative estimate of drug-likeness (QED) is 0.253. The molecule has 3 heterocycles. The zero-order chi connectivity index (χ0) is 25.4. The third-order valence-corrected chi connectivity index (χ3v) is 7.91. The number of rotatable bonds is 6. The number of nitrogens with zero attached hydrogens (tertiary/aromatic N) is 3. The molecule has 0 atom stereocenters. The van der Waals surface area contributed by atoms with Gasteiger partial charge < -0.3 is 11.4 Å². The Balaban J connectivity index is 1.47. The Kier molecular flexibility index (Phi) is 6.09. The van der Waals surface area contributed by atoms with Crippen molar-refractivity contribution in [3.05, 3.63) is 110 Å². The Hall–Kier alpha value is -4.18. The van der Waals surface area contributed by atoms with E-state index in [0.717, 1.165) is 50.0 Å². The lowest BCUT2D eigenvalue weighted by molar-refractivity contribution is -0.645. The van der Waals surface area contributed by atoms with Crippen LogP contribution in [0, 0.1) is 0 Å². The number of para-hydroxylation sites is 3. The number of fused-ring (bicyclic) bond motifs is 3.